The minimum atomic E-state index is -0.931. The summed E-state index contributed by atoms with van der Waals surface area (Å²) in [6.07, 6.45) is 2.02. The van der Waals surface area contributed by atoms with Gasteiger partial charge in [-0.05, 0) is 43.4 Å². The summed E-state index contributed by atoms with van der Waals surface area (Å²) in [5.74, 6) is -0.644. The van der Waals surface area contributed by atoms with Crippen LogP contribution in [-0.2, 0) is 9.59 Å². The molecule has 30 heavy (non-hydrogen) atoms. The van der Waals surface area contributed by atoms with Gasteiger partial charge in [0.15, 0.2) is 0 Å². The number of H-pyrrole nitrogens is 1. The zero-order valence-electron chi connectivity index (χ0n) is 16.9. The minimum Gasteiger partial charge on any atom is -0.342 e. The van der Waals surface area contributed by atoms with Gasteiger partial charge in [-0.1, -0.05) is 24.6 Å². The fourth-order valence-electron chi connectivity index (χ4n) is 4.01. The van der Waals surface area contributed by atoms with Crippen molar-refractivity contribution >= 4 is 40.9 Å². The number of nitrogens with zero attached hydrogens (tertiary/aromatic N) is 2. The van der Waals surface area contributed by atoms with E-state index < -0.39 is 17.4 Å². The third kappa shape index (κ3) is 4.05. The van der Waals surface area contributed by atoms with E-state index in [9.17, 15) is 14.4 Å². The van der Waals surface area contributed by atoms with E-state index >= 15 is 0 Å². The van der Waals surface area contributed by atoms with Gasteiger partial charge in [0.2, 0.25) is 17.8 Å². The lowest BCUT2D eigenvalue weighted by Crippen LogP contribution is -2.40. The molecule has 4 rings (SSSR count). The average Bonchev–Trinajstić information content (AvgIpc) is 2.69. The monoisotopic (exact) mass is 429 g/mol. The van der Waals surface area contributed by atoms with Gasteiger partial charge in [-0.15, -0.1) is 0 Å². The summed E-state index contributed by atoms with van der Waals surface area (Å²) in [5, 5.41) is 5.94. The zero-order chi connectivity index (χ0) is 21.4. The summed E-state index contributed by atoms with van der Waals surface area (Å²) in [5.41, 5.74) is 1.16. The lowest BCUT2D eigenvalue weighted by Gasteiger charge is -2.32. The summed E-state index contributed by atoms with van der Waals surface area (Å²) in [4.78, 5) is 47.4. The Morgan fingerprint density at radius 1 is 1.33 bits per heavy atom. The number of anilines is 3. The number of hydrogen-bond donors (Lipinski definition) is 3. The maximum Gasteiger partial charge on any atom is 0.258 e. The summed E-state index contributed by atoms with van der Waals surface area (Å²) < 4.78 is 0. The molecule has 3 N–H and O–H groups in total. The van der Waals surface area contributed by atoms with Crippen molar-refractivity contribution in [1.29, 1.82) is 0 Å². The zero-order valence-corrected chi connectivity index (χ0v) is 17.7. The van der Waals surface area contributed by atoms with Gasteiger partial charge < -0.3 is 15.5 Å². The number of carbonyl (C=O) groups is 2. The molecule has 2 aliphatic heterocycles. The number of carbonyl (C=O) groups excluding carboxylic acids is 2. The third-order valence-electron chi connectivity index (χ3n) is 5.65. The fraction of sp³-hybridized carbons (Fsp3) is 0.429. The molecule has 9 heteroatoms. The smallest absolute Gasteiger partial charge is 0.258 e. The maximum absolute atomic E-state index is 12.9. The maximum atomic E-state index is 12.9. The molecule has 2 aromatic rings. The largest absolute Gasteiger partial charge is 0.342 e. The second-order valence-electron chi connectivity index (χ2n) is 8.10. The van der Waals surface area contributed by atoms with Crippen LogP contribution in [0.4, 0.5) is 17.5 Å². The average molecular weight is 430 g/mol. The van der Waals surface area contributed by atoms with Crippen molar-refractivity contribution in [1.82, 2.24) is 9.97 Å². The van der Waals surface area contributed by atoms with E-state index in [1.54, 1.807) is 18.2 Å². The Balaban J connectivity index is 1.64. The standard InChI is InChI=1S/C21H24ClN5O3/c1-11-4-3-7-27(10-11)21-25-18-17(20(30)26-21)14(9-16(28)24-18)19(29)23-13-6-5-12(2)15(22)8-13/h5-6,8,11,14H,3-4,7,9-10H2,1-2H3,(H,23,29)(H2,24,25,26,28,30)/t11-,14-/m1/s1. The van der Waals surface area contributed by atoms with Crippen LogP contribution in [0.2, 0.25) is 5.02 Å². The number of hydrogen-bond acceptors (Lipinski definition) is 5. The molecule has 8 nitrogen and oxygen atoms in total. The quantitative estimate of drug-likeness (QED) is 0.695. The van der Waals surface area contributed by atoms with Gasteiger partial charge in [-0.2, -0.15) is 4.98 Å². The number of aromatic amines is 1. The van der Waals surface area contributed by atoms with Gasteiger partial charge in [0.25, 0.3) is 5.56 Å². The molecule has 3 heterocycles. The van der Waals surface area contributed by atoms with Crippen LogP contribution in [0.1, 0.15) is 43.2 Å². The third-order valence-corrected chi connectivity index (χ3v) is 6.06. The van der Waals surface area contributed by atoms with Crippen molar-refractivity contribution in [3.8, 4) is 0 Å². The first kappa shape index (κ1) is 20.4. The first-order chi connectivity index (χ1) is 14.3. The van der Waals surface area contributed by atoms with Crippen molar-refractivity contribution in [2.45, 2.75) is 39.0 Å². The summed E-state index contributed by atoms with van der Waals surface area (Å²) >= 11 is 6.13. The number of aromatic nitrogens is 2. The number of aryl methyl sites for hydroxylation is 1. The number of halogens is 1. The normalized spacial score (nSPS) is 21.0. The number of piperidine rings is 1. The van der Waals surface area contributed by atoms with E-state index in [0.717, 1.165) is 31.5 Å². The van der Waals surface area contributed by atoms with Crippen LogP contribution in [0.3, 0.4) is 0 Å². The molecule has 0 spiro atoms. The SMILES string of the molecule is Cc1ccc(NC(=O)[C@@H]2CC(=O)Nc3nc(N4CCC[C@@H](C)C4)[nH]c(=O)c32)cc1Cl. The Labute approximate surface area is 179 Å². The van der Waals surface area contributed by atoms with E-state index in [1.165, 1.54) is 0 Å². The van der Waals surface area contributed by atoms with E-state index in [-0.39, 0.29) is 23.7 Å². The number of fused-ring (bicyclic) bond motifs is 1. The highest BCUT2D eigenvalue weighted by Crippen LogP contribution is 2.31. The highest BCUT2D eigenvalue weighted by molar-refractivity contribution is 6.31. The summed E-state index contributed by atoms with van der Waals surface area (Å²) in [7, 11) is 0. The molecule has 1 fully saturated rings. The highest BCUT2D eigenvalue weighted by atomic mass is 35.5. The molecular weight excluding hydrogens is 406 g/mol. The van der Waals surface area contributed by atoms with Gasteiger partial charge in [0.05, 0.1) is 11.5 Å². The summed E-state index contributed by atoms with van der Waals surface area (Å²) in [6.45, 7) is 5.59. The Bertz CT molecular complexity index is 1070. The number of nitrogens with one attached hydrogen (secondary N) is 3. The molecule has 2 atom stereocenters. The van der Waals surface area contributed by atoms with Crippen LogP contribution in [0.15, 0.2) is 23.0 Å². The Kier molecular flexibility index (Phi) is 5.51. The predicted molar refractivity (Wildman–Crippen MR) is 116 cm³/mol. The van der Waals surface area contributed by atoms with Crippen LogP contribution < -0.4 is 21.1 Å². The van der Waals surface area contributed by atoms with Crippen LogP contribution in [0.25, 0.3) is 0 Å². The number of rotatable bonds is 3. The molecule has 0 aliphatic carbocycles. The Morgan fingerprint density at radius 3 is 2.87 bits per heavy atom. The minimum absolute atomic E-state index is 0.122. The van der Waals surface area contributed by atoms with Gasteiger partial charge in [0.1, 0.15) is 5.82 Å². The van der Waals surface area contributed by atoms with Crippen LogP contribution >= 0.6 is 11.6 Å². The first-order valence-corrected chi connectivity index (χ1v) is 10.5. The van der Waals surface area contributed by atoms with Crippen LogP contribution in [0.5, 0.6) is 0 Å². The highest BCUT2D eigenvalue weighted by Gasteiger charge is 2.35. The molecule has 1 aromatic carbocycles. The first-order valence-electron chi connectivity index (χ1n) is 10.1. The van der Waals surface area contributed by atoms with Crippen molar-refractivity contribution < 1.29 is 9.59 Å². The van der Waals surface area contributed by atoms with Crippen LogP contribution in [-0.4, -0.2) is 34.9 Å². The van der Waals surface area contributed by atoms with Gasteiger partial charge >= 0.3 is 0 Å². The molecule has 2 aliphatic rings. The summed E-state index contributed by atoms with van der Waals surface area (Å²) in [6, 6.07) is 5.16. The van der Waals surface area contributed by atoms with Crippen molar-refractivity contribution in [2.24, 2.45) is 5.92 Å². The number of amides is 2. The van der Waals surface area contributed by atoms with E-state index in [4.69, 9.17) is 11.6 Å². The van der Waals surface area contributed by atoms with Crippen molar-refractivity contribution in [2.75, 3.05) is 28.6 Å². The van der Waals surface area contributed by atoms with Gasteiger partial charge in [-0.3, -0.25) is 19.4 Å². The van der Waals surface area contributed by atoms with Crippen molar-refractivity contribution in [3.05, 3.63) is 44.7 Å². The second kappa shape index (κ2) is 8.10. The van der Waals surface area contributed by atoms with Gasteiger partial charge in [-0.25, -0.2) is 0 Å². The molecular formula is C21H24ClN5O3. The van der Waals surface area contributed by atoms with Crippen LogP contribution in [0, 0.1) is 12.8 Å². The Hall–Kier alpha value is -2.87. The molecule has 158 valence electrons. The molecule has 1 aromatic heterocycles. The lowest BCUT2D eigenvalue weighted by molar-refractivity contribution is -0.123. The lowest BCUT2D eigenvalue weighted by atomic mass is 9.92. The molecule has 0 bridgehead atoms. The molecule has 0 unspecified atom stereocenters. The van der Waals surface area contributed by atoms with E-state index in [2.05, 4.69) is 27.5 Å². The topological polar surface area (TPSA) is 107 Å². The number of benzene rings is 1. The molecule has 2 amide bonds. The van der Waals surface area contributed by atoms with E-state index in [1.807, 2.05) is 11.8 Å². The second-order valence-corrected chi connectivity index (χ2v) is 8.51. The molecule has 1 saturated heterocycles. The molecule has 0 radical (unpaired) electrons. The van der Waals surface area contributed by atoms with E-state index in [0.29, 0.717) is 22.6 Å². The van der Waals surface area contributed by atoms with Crippen molar-refractivity contribution in [3.63, 3.8) is 0 Å². The van der Waals surface area contributed by atoms with Gasteiger partial charge in [0, 0.05) is 30.2 Å². The molecule has 0 saturated carbocycles. The fourth-order valence-corrected chi connectivity index (χ4v) is 4.20. The Morgan fingerprint density at radius 2 is 2.13 bits per heavy atom. The predicted octanol–water partition coefficient (Wildman–Crippen LogP) is 3.03.